The number of benzene rings is 6. The van der Waals surface area contributed by atoms with E-state index in [1.165, 1.54) is 33.4 Å². The number of hydrogen-bond donors (Lipinski definition) is 0. The molecule has 57 heavy (non-hydrogen) atoms. The lowest BCUT2D eigenvalue weighted by molar-refractivity contribution is 0.635. The molecule has 7 aromatic rings. The number of allylic oxidation sites excluding steroid dienone is 5. The van der Waals surface area contributed by atoms with E-state index in [0.717, 1.165) is 62.0 Å². The van der Waals surface area contributed by atoms with Gasteiger partial charge in [-0.15, -0.1) is 0 Å². The van der Waals surface area contributed by atoms with E-state index in [-0.39, 0.29) is 10.8 Å². The quantitative estimate of drug-likeness (QED) is 0.181. The average molecular weight is 733 g/mol. The normalized spacial score (nSPS) is 15.9. The number of aromatic nitrogens is 2. The van der Waals surface area contributed by atoms with Crippen LogP contribution in [0.2, 0.25) is 0 Å². The molecule has 2 aliphatic rings. The maximum Gasteiger partial charge on any atom is 0.160 e. The van der Waals surface area contributed by atoms with E-state index in [1.54, 1.807) is 6.07 Å². The highest BCUT2D eigenvalue weighted by Gasteiger charge is 2.35. The molecule has 0 saturated carbocycles. The molecule has 1 heterocycles. The lowest BCUT2D eigenvalue weighted by Crippen LogP contribution is -2.20. The summed E-state index contributed by atoms with van der Waals surface area (Å²) in [7, 11) is 0. The fourth-order valence-corrected chi connectivity index (χ4v) is 8.65. The van der Waals surface area contributed by atoms with E-state index >= 15 is 0 Å². The number of hydrogen-bond acceptors (Lipinski definition) is 4. The third-order valence-corrected chi connectivity index (χ3v) is 12.0. The summed E-state index contributed by atoms with van der Waals surface area (Å²) >= 11 is 0. The number of nitriles is 2. The maximum absolute atomic E-state index is 9.97. The van der Waals surface area contributed by atoms with Gasteiger partial charge in [-0.2, -0.15) is 10.5 Å². The van der Waals surface area contributed by atoms with Gasteiger partial charge in [-0.25, -0.2) is 9.97 Å². The van der Waals surface area contributed by atoms with Gasteiger partial charge >= 0.3 is 0 Å². The SMILES string of the molecule is C=C1/C=C\C=C/Cc2ccc(-c3cc(-c4ccc5c(c4)C(C)(C)c4ccccc4-5)cc4c(-c5cccc(C#N)c5)nc(-c5cccc(C#N)c5)nc34)cc2C1(C)C. The predicted molar refractivity (Wildman–Crippen MR) is 232 cm³/mol. The minimum Gasteiger partial charge on any atom is -0.227 e. The zero-order valence-electron chi connectivity index (χ0n) is 32.6. The smallest absolute Gasteiger partial charge is 0.160 e. The zero-order valence-corrected chi connectivity index (χ0v) is 32.6. The minimum atomic E-state index is -0.331. The topological polar surface area (TPSA) is 73.4 Å². The Morgan fingerprint density at radius 2 is 1.26 bits per heavy atom. The van der Waals surface area contributed by atoms with Gasteiger partial charge in [0.2, 0.25) is 0 Å². The molecule has 0 spiro atoms. The van der Waals surface area contributed by atoms with Crippen LogP contribution in [0.25, 0.3) is 66.9 Å². The molecule has 0 aliphatic heterocycles. The summed E-state index contributed by atoms with van der Waals surface area (Å²) in [6, 6.07) is 46.5. The fourth-order valence-electron chi connectivity index (χ4n) is 8.65. The molecule has 6 aromatic carbocycles. The van der Waals surface area contributed by atoms with E-state index in [9.17, 15) is 10.5 Å². The lowest BCUT2D eigenvalue weighted by atomic mass is 9.74. The number of rotatable bonds is 4. The largest absolute Gasteiger partial charge is 0.227 e. The Bertz CT molecular complexity index is 2980. The van der Waals surface area contributed by atoms with Gasteiger partial charge in [0.15, 0.2) is 5.82 Å². The first-order valence-corrected chi connectivity index (χ1v) is 19.3. The number of nitrogens with zero attached hydrogens (tertiary/aromatic N) is 4. The van der Waals surface area contributed by atoms with Crippen LogP contribution in [0.1, 0.15) is 61.1 Å². The van der Waals surface area contributed by atoms with Crippen molar-refractivity contribution < 1.29 is 0 Å². The average Bonchev–Trinajstić information content (AvgIpc) is 3.50. The summed E-state index contributed by atoms with van der Waals surface area (Å²) in [4.78, 5) is 10.6. The van der Waals surface area contributed by atoms with Gasteiger partial charge in [-0.3, -0.25) is 0 Å². The first-order valence-electron chi connectivity index (χ1n) is 19.3. The second kappa shape index (κ2) is 13.6. The van der Waals surface area contributed by atoms with E-state index in [2.05, 4.69) is 144 Å². The van der Waals surface area contributed by atoms with Crippen molar-refractivity contribution in [3.63, 3.8) is 0 Å². The molecule has 0 fully saturated rings. The molecule has 0 atom stereocenters. The molecule has 1 aromatic heterocycles. The van der Waals surface area contributed by atoms with E-state index < -0.39 is 0 Å². The summed E-state index contributed by atoms with van der Waals surface area (Å²) in [6.45, 7) is 13.6. The van der Waals surface area contributed by atoms with Gasteiger partial charge < -0.3 is 0 Å². The second-order valence-electron chi connectivity index (χ2n) is 16.1. The molecule has 2 aliphatic carbocycles. The summed E-state index contributed by atoms with van der Waals surface area (Å²) in [5, 5.41) is 20.7. The van der Waals surface area contributed by atoms with Crippen molar-refractivity contribution in [2.75, 3.05) is 0 Å². The highest BCUT2D eigenvalue weighted by molar-refractivity contribution is 6.05. The molecule has 0 amide bonds. The third kappa shape index (κ3) is 5.99. The van der Waals surface area contributed by atoms with Crippen LogP contribution >= 0.6 is 0 Å². The summed E-state index contributed by atoms with van der Waals surface area (Å²) in [5.74, 6) is 0.509. The van der Waals surface area contributed by atoms with Gasteiger partial charge in [-0.05, 0) is 111 Å². The Kier molecular flexibility index (Phi) is 8.46. The van der Waals surface area contributed by atoms with Gasteiger partial charge in [0.05, 0.1) is 34.5 Å². The highest BCUT2D eigenvalue weighted by atomic mass is 14.9. The molecule has 4 heteroatoms. The van der Waals surface area contributed by atoms with Crippen LogP contribution < -0.4 is 0 Å². The lowest BCUT2D eigenvalue weighted by Gasteiger charge is -2.29. The maximum atomic E-state index is 9.97. The van der Waals surface area contributed by atoms with Crippen LogP contribution in [-0.2, 0) is 17.3 Å². The Morgan fingerprint density at radius 3 is 2.05 bits per heavy atom. The van der Waals surface area contributed by atoms with Gasteiger partial charge in [-0.1, -0.05) is 131 Å². The first kappa shape index (κ1) is 35.6. The summed E-state index contributed by atoms with van der Waals surface area (Å²) in [6.07, 6.45) is 9.29. The van der Waals surface area contributed by atoms with Crippen molar-refractivity contribution in [1.82, 2.24) is 9.97 Å². The molecule has 0 unspecified atom stereocenters. The molecule has 0 bridgehead atoms. The van der Waals surface area contributed by atoms with Crippen molar-refractivity contribution >= 4 is 10.9 Å². The first-order chi connectivity index (χ1) is 27.6. The number of fused-ring (bicyclic) bond motifs is 5. The van der Waals surface area contributed by atoms with Crippen molar-refractivity contribution in [2.45, 2.75) is 44.9 Å². The van der Waals surface area contributed by atoms with Crippen LogP contribution in [-0.4, -0.2) is 9.97 Å². The second-order valence-corrected chi connectivity index (χ2v) is 16.1. The molecule has 4 nitrogen and oxygen atoms in total. The fraction of sp³-hybridized carbons (Fsp3) is 0.132. The monoisotopic (exact) mass is 732 g/mol. The zero-order chi connectivity index (χ0) is 39.5. The molecule has 0 N–H and O–H groups in total. The van der Waals surface area contributed by atoms with Crippen LogP contribution in [0, 0.1) is 22.7 Å². The molecular formula is C53H40N4. The predicted octanol–water partition coefficient (Wildman–Crippen LogP) is 12.8. The Balaban J connectivity index is 1.36. The Hall–Kier alpha value is -7.14. The van der Waals surface area contributed by atoms with Gasteiger partial charge in [0, 0.05) is 32.9 Å². The van der Waals surface area contributed by atoms with Crippen molar-refractivity contribution in [1.29, 1.82) is 10.5 Å². The summed E-state index contributed by atoms with van der Waals surface area (Å²) < 4.78 is 0. The summed E-state index contributed by atoms with van der Waals surface area (Å²) in [5.41, 5.74) is 16.5. The van der Waals surface area contributed by atoms with Crippen LogP contribution in [0.3, 0.4) is 0 Å². The molecule has 9 rings (SSSR count). The third-order valence-electron chi connectivity index (χ3n) is 12.0. The van der Waals surface area contributed by atoms with Crippen LogP contribution in [0.15, 0.2) is 158 Å². The Morgan fingerprint density at radius 1 is 0.561 bits per heavy atom. The van der Waals surface area contributed by atoms with Crippen molar-refractivity contribution in [2.24, 2.45) is 0 Å². The highest BCUT2D eigenvalue weighted by Crippen LogP contribution is 2.50. The van der Waals surface area contributed by atoms with Crippen LogP contribution in [0.5, 0.6) is 0 Å². The van der Waals surface area contributed by atoms with Crippen molar-refractivity contribution in [3.8, 4) is 68.2 Å². The van der Waals surface area contributed by atoms with E-state index in [1.807, 2.05) is 42.5 Å². The van der Waals surface area contributed by atoms with Gasteiger partial charge in [0.1, 0.15) is 0 Å². The molecule has 0 radical (unpaired) electrons. The molecule has 0 saturated heterocycles. The van der Waals surface area contributed by atoms with Crippen LogP contribution in [0.4, 0.5) is 0 Å². The van der Waals surface area contributed by atoms with E-state index in [0.29, 0.717) is 17.0 Å². The standard InChI is InChI=1S/C53H40N4/c1-33-13-7-6-8-16-36-21-22-38(30-47(36)52(33,2)3)44-27-41(37-23-24-43-42-19-9-10-20-46(42)53(4,5)48(43)29-37)28-45-49(39-17-11-14-34(25-39)31-54)56-51(57-50(44)45)40-18-12-15-35(26-40)32-55/h6-15,17-30H,1,16H2,2-5H3/b8-6-,13-7-. The van der Waals surface area contributed by atoms with Gasteiger partial charge in [0.25, 0.3) is 0 Å². The minimum absolute atomic E-state index is 0.161. The van der Waals surface area contributed by atoms with E-state index in [4.69, 9.17) is 9.97 Å². The Labute approximate surface area is 334 Å². The molecular weight excluding hydrogens is 693 g/mol. The van der Waals surface area contributed by atoms with Crippen molar-refractivity contribution in [3.05, 3.63) is 191 Å². The molecule has 272 valence electrons.